The van der Waals surface area contributed by atoms with Gasteiger partial charge in [0, 0.05) is 11.0 Å². The number of amides is 1. The molecule has 8 heteroatoms. The Morgan fingerprint density at radius 1 is 1.36 bits per heavy atom. The predicted molar refractivity (Wildman–Crippen MR) is 95.5 cm³/mol. The molecule has 138 valence electrons. The second-order valence-electron chi connectivity index (χ2n) is 7.60. The molecule has 1 fully saturated rings. The third kappa shape index (κ3) is 5.09. The standard InChI is InChI=1S/C17H24BClFNO4/c1-16(2,3)25-15(22)21-17(8-4-5-9-17)10-11-6-7-12(19)14(20)13(11)18(23)24/h6-7,23-24H,4-5,8-10H2,1-3H3,(H,21,22). The molecule has 5 nitrogen and oxygen atoms in total. The van der Waals surface area contributed by atoms with Crippen LogP contribution in [0.1, 0.15) is 52.0 Å². The maximum Gasteiger partial charge on any atom is 0.491 e. The second-order valence-corrected chi connectivity index (χ2v) is 8.01. The molecule has 0 spiro atoms. The van der Waals surface area contributed by atoms with Gasteiger partial charge >= 0.3 is 13.2 Å². The maximum atomic E-state index is 14.2. The molecular formula is C17H24BClFNO4. The molecule has 1 amide bonds. The summed E-state index contributed by atoms with van der Waals surface area (Å²) in [5.74, 6) is -0.848. The zero-order valence-electron chi connectivity index (χ0n) is 14.7. The minimum absolute atomic E-state index is 0.174. The van der Waals surface area contributed by atoms with Crippen molar-refractivity contribution in [2.45, 2.75) is 64.0 Å². The Morgan fingerprint density at radius 2 is 1.96 bits per heavy atom. The van der Waals surface area contributed by atoms with Crippen molar-refractivity contribution in [2.75, 3.05) is 0 Å². The van der Waals surface area contributed by atoms with Gasteiger partial charge in [0.05, 0.1) is 5.02 Å². The van der Waals surface area contributed by atoms with E-state index in [9.17, 15) is 19.2 Å². The Labute approximate surface area is 152 Å². The quantitative estimate of drug-likeness (QED) is 0.711. The maximum absolute atomic E-state index is 14.2. The highest BCUT2D eigenvalue weighted by Gasteiger charge is 2.38. The summed E-state index contributed by atoms with van der Waals surface area (Å²) in [6.45, 7) is 5.34. The number of halogens is 2. The van der Waals surface area contributed by atoms with Crippen LogP contribution < -0.4 is 10.8 Å². The van der Waals surface area contributed by atoms with Gasteiger partial charge in [-0.1, -0.05) is 30.5 Å². The molecule has 1 aromatic rings. The van der Waals surface area contributed by atoms with Crippen molar-refractivity contribution in [3.05, 3.63) is 28.5 Å². The van der Waals surface area contributed by atoms with Crippen LogP contribution in [0, 0.1) is 5.82 Å². The molecule has 0 radical (unpaired) electrons. The minimum Gasteiger partial charge on any atom is -0.444 e. The summed E-state index contributed by atoms with van der Waals surface area (Å²) in [5.41, 5.74) is -1.06. The number of nitrogens with one attached hydrogen (secondary N) is 1. The van der Waals surface area contributed by atoms with Gasteiger partial charge in [0.2, 0.25) is 0 Å². The van der Waals surface area contributed by atoms with E-state index in [0.29, 0.717) is 18.4 Å². The van der Waals surface area contributed by atoms with Crippen LogP contribution in [0.4, 0.5) is 9.18 Å². The average Bonchev–Trinajstić information content (AvgIpc) is 2.88. The van der Waals surface area contributed by atoms with Gasteiger partial charge in [-0.05, 0) is 51.7 Å². The first-order valence-electron chi connectivity index (χ1n) is 8.37. The molecular weight excluding hydrogens is 347 g/mol. The van der Waals surface area contributed by atoms with Crippen molar-refractivity contribution in [3.8, 4) is 0 Å². The number of hydrogen-bond acceptors (Lipinski definition) is 4. The lowest BCUT2D eigenvalue weighted by atomic mass is 9.73. The average molecular weight is 372 g/mol. The summed E-state index contributed by atoms with van der Waals surface area (Å²) in [4.78, 5) is 12.2. The van der Waals surface area contributed by atoms with Crippen LogP contribution in [0.3, 0.4) is 0 Å². The van der Waals surface area contributed by atoms with Crippen LogP contribution in [0.15, 0.2) is 12.1 Å². The lowest BCUT2D eigenvalue weighted by molar-refractivity contribution is 0.0456. The molecule has 0 aromatic heterocycles. The van der Waals surface area contributed by atoms with Gasteiger partial charge in [0.25, 0.3) is 0 Å². The van der Waals surface area contributed by atoms with Crippen molar-refractivity contribution in [3.63, 3.8) is 0 Å². The first-order valence-corrected chi connectivity index (χ1v) is 8.75. The van der Waals surface area contributed by atoms with E-state index in [2.05, 4.69) is 5.32 Å². The number of rotatable bonds is 4. The lowest BCUT2D eigenvalue weighted by Gasteiger charge is -2.32. The summed E-state index contributed by atoms with van der Waals surface area (Å²) in [6, 6.07) is 2.95. The third-order valence-corrected chi connectivity index (χ3v) is 4.63. The van der Waals surface area contributed by atoms with E-state index in [1.54, 1.807) is 26.8 Å². The topological polar surface area (TPSA) is 78.8 Å². The Bertz CT molecular complexity index is 642. The molecule has 1 aromatic carbocycles. The van der Waals surface area contributed by atoms with Crippen LogP contribution in [0.25, 0.3) is 0 Å². The summed E-state index contributed by atoms with van der Waals surface area (Å²) in [7, 11) is -1.98. The van der Waals surface area contributed by atoms with E-state index >= 15 is 0 Å². The van der Waals surface area contributed by atoms with E-state index in [0.717, 1.165) is 12.8 Å². The normalized spacial score (nSPS) is 16.6. The largest absolute Gasteiger partial charge is 0.491 e. The van der Waals surface area contributed by atoms with Crippen molar-refractivity contribution >= 4 is 30.3 Å². The molecule has 0 atom stereocenters. The molecule has 1 aliphatic rings. The monoisotopic (exact) mass is 371 g/mol. The van der Waals surface area contributed by atoms with Crippen LogP contribution >= 0.6 is 11.6 Å². The van der Waals surface area contributed by atoms with Gasteiger partial charge in [-0.2, -0.15) is 0 Å². The van der Waals surface area contributed by atoms with Crippen LogP contribution in [0.2, 0.25) is 5.02 Å². The molecule has 2 rings (SSSR count). The van der Waals surface area contributed by atoms with E-state index in [1.807, 2.05) is 0 Å². The first-order chi connectivity index (χ1) is 11.5. The molecule has 25 heavy (non-hydrogen) atoms. The molecule has 0 aliphatic heterocycles. The number of carbonyl (C=O) groups excluding carboxylic acids is 1. The van der Waals surface area contributed by atoms with Crippen molar-refractivity contribution in [1.82, 2.24) is 5.32 Å². The zero-order chi connectivity index (χ0) is 18.8. The first kappa shape index (κ1) is 20.0. The van der Waals surface area contributed by atoms with Crippen molar-refractivity contribution in [1.29, 1.82) is 0 Å². The zero-order valence-corrected chi connectivity index (χ0v) is 15.5. The van der Waals surface area contributed by atoms with E-state index in [-0.39, 0.29) is 16.9 Å². The highest BCUT2D eigenvalue weighted by Crippen LogP contribution is 2.33. The predicted octanol–water partition coefficient (Wildman–Crippen LogP) is 2.54. The van der Waals surface area contributed by atoms with E-state index in [4.69, 9.17) is 16.3 Å². The second kappa shape index (κ2) is 7.52. The fourth-order valence-corrected chi connectivity index (χ4v) is 3.49. The highest BCUT2D eigenvalue weighted by atomic mass is 35.5. The van der Waals surface area contributed by atoms with Gasteiger partial charge in [-0.25, -0.2) is 9.18 Å². The van der Waals surface area contributed by atoms with Gasteiger partial charge in [-0.3, -0.25) is 0 Å². The fraction of sp³-hybridized carbons (Fsp3) is 0.588. The molecule has 1 saturated carbocycles. The molecule has 0 heterocycles. The number of carbonyl (C=O) groups is 1. The summed E-state index contributed by atoms with van der Waals surface area (Å²) >= 11 is 5.75. The van der Waals surface area contributed by atoms with Crippen molar-refractivity contribution < 1.29 is 24.0 Å². The Hall–Kier alpha value is -1.31. The van der Waals surface area contributed by atoms with Crippen LogP contribution in [0.5, 0.6) is 0 Å². The Kier molecular flexibility index (Phi) is 6.02. The van der Waals surface area contributed by atoms with Crippen molar-refractivity contribution in [2.24, 2.45) is 0 Å². The minimum atomic E-state index is -1.98. The highest BCUT2D eigenvalue weighted by molar-refractivity contribution is 6.59. The lowest BCUT2D eigenvalue weighted by Crippen LogP contribution is -2.51. The number of hydrogen-bond donors (Lipinski definition) is 3. The van der Waals surface area contributed by atoms with Crippen LogP contribution in [-0.4, -0.2) is 34.4 Å². The summed E-state index contributed by atoms with van der Waals surface area (Å²) < 4.78 is 19.6. The molecule has 0 saturated heterocycles. The number of alkyl carbamates (subject to hydrolysis) is 1. The van der Waals surface area contributed by atoms with E-state index in [1.165, 1.54) is 6.07 Å². The third-order valence-electron chi connectivity index (χ3n) is 4.34. The van der Waals surface area contributed by atoms with Gasteiger partial charge in [0.1, 0.15) is 11.4 Å². The van der Waals surface area contributed by atoms with Gasteiger partial charge < -0.3 is 20.1 Å². The molecule has 3 N–H and O–H groups in total. The smallest absolute Gasteiger partial charge is 0.444 e. The molecule has 0 bridgehead atoms. The molecule has 1 aliphatic carbocycles. The summed E-state index contributed by atoms with van der Waals surface area (Å²) in [6.07, 6.45) is 2.99. The van der Waals surface area contributed by atoms with E-state index < -0.39 is 30.2 Å². The Morgan fingerprint density at radius 3 is 2.48 bits per heavy atom. The Balaban J connectivity index is 2.28. The van der Waals surface area contributed by atoms with Gasteiger partial charge in [-0.15, -0.1) is 0 Å². The fourth-order valence-electron chi connectivity index (χ4n) is 3.32. The van der Waals surface area contributed by atoms with Gasteiger partial charge in [0.15, 0.2) is 0 Å². The number of ether oxygens (including phenoxy) is 1. The van der Waals surface area contributed by atoms with Crippen LogP contribution in [-0.2, 0) is 11.2 Å². The summed E-state index contributed by atoms with van der Waals surface area (Å²) in [5, 5.41) is 21.8. The number of benzene rings is 1. The molecule has 0 unspecified atom stereocenters. The SMILES string of the molecule is CC(C)(C)OC(=O)NC1(Cc2ccc(Cl)c(F)c2B(O)O)CCCC1.